The zero-order valence-corrected chi connectivity index (χ0v) is 9.47. The Hall–Kier alpha value is -2.47. The molecule has 2 N–H and O–H groups in total. The van der Waals surface area contributed by atoms with Gasteiger partial charge in [-0.1, -0.05) is 18.2 Å². The molecule has 3 nitrogen and oxygen atoms in total. The first-order valence-corrected chi connectivity index (χ1v) is 5.24. The molecule has 3 heteroatoms. The molecule has 0 amide bonds. The third kappa shape index (κ3) is 2.37. The standard InChI is InChI=1S/C14H12N2O/c1-10-4-2-3-5-14(10)17-12-7-6-11(9-15)13(16)8-12/h2-8H,16H2,1H3. The number of nitrogens with zero attached hydrogens (tertiary/aromatic N) is 1. The third-order valence-corrected chi connectivity index (χ3v) is 2.46. The van der Waals surface area contributed by atoms with Gasteiger partial charge in [0.05, 0.1) is 11.3 Å². The molecule has 0 heterocycles. The van der Waals surface area contributed by atoms with E-state index in [4.69, 9.17) is 15.7 Å². The fourth-order valence-corrected chi connectivity index (χ4v) is 1.50. The van der Waals surface area contributed by atoms with Gasteiger partial charge in [0.2, 0.25) is 0 Å². The quantitative estimate of drug-likeness (QED) is 0.796. The van der Waals surface area contributed by atoms with Crippen LogP contribution in [0.3, 0.4) is 0 Å². The maximum absolute atomic E-state index is 8.77. The molecule has 0 atom stereocenters. The van der Waals surface area contributed by atoms with Gasteiger partial charge in [0.1, 0.15) is 17.6 Å². The molecule has 0 unspecified atom stereocenters. The van der Waals surface area contributed by atoms with Crippen LogP contribution in [0.1, 0.15) is 11.1 Å². The Labute approximate surface area is 100 Å². The molecule has 84 valence electrons. The number of para-hydroxylation sites is 1. The summed E-state index contributed by atoms with van der Waals surface area (Å²) in [5.74, 6) is 1.42. The zero-order chi connectivity index (χ0) is 12.3. The molecule has 2 aromatic carbocycles. The zero-order valence-electron chi connectivity index (χ0n) is 9.47. The molecule has 0 aliphatic heterocycles. The average molecular weight is 224 g/mol. The highest BCUT2D eigenvalue weighted by Gasteiger charge is 2.03. The molecular weight excluding hydrogens is 212 g/mol. The Morgan fingerprint density at radius 3 is 2.59 bits per heavy atom. The van der Waals surface area contributed by atoms with Crippen LogP contribution in [0.2, 0.25) is 0 Å². The SMILES string of the molecule is Cc1ccccc1Oc1ccc(C#N)c(N)c1. The second-order valence-electron chi connectivity index (χ2n) is 3.73. The van der Waals surface area contributed by atoms with E-state index in [0.29, 0.717) is 17.0 Å². The van der Waals surface area contributed by atoms with Gasteiger partial charge >= 0.3 is 0 Å². The van der Waals surface area contributed by atoms with Crippen molar-refractivity contribution in [1.82, 2.24) is 0 Å². The van der Waals surface area contributed by atoms with Crippen LogP contribution in [0, 0.1) is 18.3 Å². The number of hydrogen-bond acceptors (Lipinski definition) is 3. The van der Waals surface area contributed by atoms with E-state index in [0.717, 1.165) is 11.3 Å². The van der Waals surface area contributed by atoms with Gasteiger partial charge in [-0.25, -0.2) is 0 Å². The molecular formula is C14H12N2O. The van der Waals surface area contributed by atoms with Gasteiger partial charge in [-0.2, -0.15) is 5.26 Å². The van der Waals surface area contributed by atoms with Crippen molar-refractivity contribution in [3.8, 4) is 17.6 Å². The molecule has 0 bridgehead atoms. The molecule has 0 saturated carbocycles. The van der Waals surface area contributed by atoms with Gasteiger partial charge in [0, 0.05) is 6.07 Å². The predicted octanol–water partition coefficient (Wildman–Crippen LogP) is 3.24. The summed E-state index contributed by atoms with van der Waals surface area (Å²) < 4.78 is 5.70. The largest absolute Gasteiger partial charge is 0.457 e. The van der Waals surface area contributed by atoms with E-state index in [2.05, 4.69) is 0 Å². The number of benzene rings is 2. The van der Waals surface area contributed by atoms with Crippen LogP contribution >= 0.6 is 0 Å². The van der Waals surface area contributed by atoms with E-state index >= 15 is 0 Å². The van der Waals surface area contributed by atoms with Gasteiger partial charge in [-0.15, -0.1) is 0 Å². The number of rotatable bonds is 2. The first-order chi connectivity index (χ1) is 8.20. The minimum Gasteiger partial charge on any atom is -0.457 e. The van der Waals surface area contributed by atoms with Crippen molar-refractivity contribution in [2.75, 3.05) is 5.73 Å². The van der Waals surface area contributed by atoms with Crippen molar-refractivity contribution >= 4 is 5.69 Å². The van der Waals surface area contributed by atoms with Crippen molar-refractivity contribution in [2.45, 2.75) is 6.92 Å². The summed E-state index contributed by atoms with van der Waals surface area (Å²) in [6.07, 6.45) is 0. The Bertz CT molecular complexity index is 585. The van der Waals surface area contributed by atoms with Gasteiger partial charge in [0.15, 0.2) is 0 Å². The average Bonchev–Trinajstić information content (AvgIpc) is 2.32. The van der Waals surface area contributed by atoms with Crippen LogP contribution in [0.15, 0.2) is 42.5 Å². The van der Waals surface area contributed by atoms with Crippen molar-refractivity contribution in [3.63, 3.8) is 0 Å². The van der Waals surface area contributed by atoms with E-state index in [1.165, 1.54) is 0 Å². The molecule has 0 aromatic heterocycles. The lowest BCUT2D eigenvalue weighted by Gasteiger charge is -2.09. The van der Waals surface area contributed by atoms with Crippen LogP contribution in [0.4, 0.5) is 5.69 Å². The Balaban J connectivity index is 2.29. The lowest BCUT2D eigenvalue weighted by Crippen LogP contribution is -1.92. The topological polar surface area (TPSA) is 59.0 Å². The first-order valence-electron chi connectivity index (χ1n) is 5.24. The number of hydrogen-bond donors (Lipinski definition) is 1. The van der Waals surface area contributed by atoms with Gasteiger partial charge in [-0.3, -0.25) is 0 Å². The smallest absolute Gasteiger partial charge is 0.130 e. The van der Waals surface area contributed by atoms with Crippen molar-refractivity contribution < 1.29 is 4.74 Å². The first kappa shape index (κ1) is 11.0. The van der Waals surface area contributed by atoms with E-state index in [1.54, 1.807) is 18.2 Å². The number of nitrogen functional groups attached to an aromatic ring is 1. The van der Waals surface area contributed by atoms with E-state index in [1.807, 2.05) is 37.3 Å². The Morgan fingerprint density at radius 1 is 1.18 bits per heavy atom. The number of aryl methyl sites for hydroxylation is 1. The van der Waals surface area contributed by atoms with Crippen molar-refractivity contribution in [2.24, 2.45) is 0 Å². The van der Waals surface area contributed by atoms with Crippen LogP contribution in [0.25, 0.3) is 0 Å². The monoisotopic (exact) mass is 224 g/mol. The van der Waals surface area contributed by atoms with Gasteiger partial charge < -0.3 is 10.5 Å². The lowest BCUT2D eigenvalue weighted by atomic mass is 10.2. The summed E-state index contributed by atoms with van der Waals surface area (Å²) in [6.45, 7) is 1.97. The van der Waals surface area contributed by atoms with Crippen molar-refractivity contribution in [3.05, 3.63) is 53.6 Å². The van der Waals surface area contributed by atoms with E-state index in [-0.39, 0.29) is 0 Å². The highest BCUT2D eigenvalue weighted by Crippen LogP contribution is 2.27. The highest BCUT2D eigenvalue weighted by atomic mass is 16.5. The van der Waals surface area contributed by atoms with Gasteiger partial charge in [0.25, 0.3) is 0 Å². The second kappa shape index (κ2) is 4.58. The van der Waals surface area contributed by atoms with E-state index in [9.17, 15) is 0 Å². The van der Waals surface area contributed by atoms with Crippen LogP contribution < -0.4 is 10.5 Å². The predicted molar refractivity (Wildman–Crippen MR) is 66.8 cm³/mol. The molecule has 0 spiro atoms. The molecule has 2 rings (SSSR count). The minimum absolute atomic E-state index is 0.429. The van der Waals surface area contributed by atoms with Gasteiger partial charge in [-0.05, 0) is 30.7 Å². The highest BCUT2D eigenvalue weighted by molar-refractivity contribution is 5.57. The molecule has 17 heavy (non-hydrogen) atoms. The van der Waals surface area contributed by atoms with Crippen LogP contribution in [-0.2, 0) is 0 Å². The fraction of sp³-hybridized carbons (Fsp3) is 0.0714. The fourth-order valence-electron chi connectivity index (χ4n) is 1.50. The molecule has 0 fully saturated rings. The summed E-state index contributed by atoms with van der Waals surface area (Å²) in [7, 11) is 0. The number of nitrogens with two attached hydrogens (primary N) is 1. The normalized spacial score (nSPS) is 9.65. The maximum Gasteiger partial charge on any atom is 0.130 e. The molecule has 0 aliphatic carbocycles. The summed E-state index contributed by atoms with van der Waals surface area (Å²) in [5, 5.41) is 8.77. The minimum atomic E-state index is 0.429. The third-order valence-electron chi connectivity index (χ3n) is 2.46. The molecule has 2 aromatic rings. The molecule has 0 radical (unpaired) electrons. The Morgan fingerprint density at radius 2 is 1.94 bits per heavy atom. The summed E-state index contributed by atoms with van der Waals surface area (Å²) in [6, 6.07) is 14.8. The van der Waals surface area contributed by atoms with Crippen molar-refractivity contribution in [1.29, 1.82) is 5.26 Å². The lowest BCUT2D eigenvalue weighted by molar-refractivity contribution is 0.479. The molecule has 0 saturated heterocycles. The second-order valence-corrected chi connectivity index (χ2v) is 3.73. The number of nitriles is 1. The Kier molecular flexibility index (Phi) is 2.97. The number of ether oxygens (including phenoxy) is 1. The number of anilines is 1. The molecule has 0 aliphatic rings. The summed E-state index contributed by atoms with van der Waals surface area (Å²) in [5.41, 5.74) is 7.66. The maximum atomic E-state index is 8.77. The van der Waals surface area contributed by atoms with Crippen LogP contribution in [0.5, 0.6) is 11.5 Å². The van der Waals surface area contributed by atoms with Crippen LogP contribution in [-0.4, -0.2) is 0 Å². The summed E-state index contributed by atoms with van der Waals surface area (Å²) >= 11 is 0. The summed E-state index contributed by atoms with van der Waals surface area (Å²) in [4.78, 5) is 0. The van der Waals surface area contributed by atoms with E-state index < -0.39 is 0 Å².